The maximum atomic E-state index is 12.8. The summed E-state index contributed by atoms with van der Waals surface area (Å²) in [5.74, 6) is -1.83. The van der Waals surface area contributed by atoms with Gasteiger partial charge in [-0.1, -0.05) is 35.9 Å². The molecule has 194 valence electrons. The van der Waals surface area contributed by atoms with E-state index in [1.54, 1.807) is 36.4 Å². The number of carbonyl (C=O) groups excluding carboxylic acids is 1. The molecule has 0 spiro atoms. The number of nitrogens with one attached hydrogen (secondary N) is 2. The van der Waals surface area contributed by atoms with Gasteiger partial charge in [0.25, 0.3) is 11.6 Å². The van der Waals surface area contributed by atoms with Crippen LogP contribution in [0.4, 0.5) is 5.69 Å². The number of aliphatic carboxylic acids is 1. The predicted molar refractivity (Wildman–Crippen MR) is 138 cm³/mol. The lowest BCUT2D eigenvalue weighted by atomic mass is 10.1. The first-order valence-corrected chi connectivity index (χ1v) is 13.0. The van der Waals surface area contributed by atoms with E-state index in [0.717, 1.165) is 11.1 Å². The van der Waals surface area contributed by atoms with Crippen LogP contribution in [0.5, 0.6) is 0 Å². The van der Waals surface area contributed by atoms with Crippen LogP contribution in [0.1, 0.15) is 28.8 Å². The summed E-state index contributed by atoms with van der Waals surface area (Å²) < 4.78 is 27.7. The van der Waals surface area contributed by atoms with E-state index in [0.29, 0.717) is 10.6 Å². The molecule has 0 aromatic heterocycles. The molecule has 1 unspecified atom stereocenters. The van der Waals surface area contributed by atoms with Gasteiger partial charge in [-0.05, 0) is 67.3 Å². The number of aryl methyl sites for hydroxylation is 1. The van der Waals surface area contributed by atoms with Crippen molar-refractivity contribution in [1.82, 2.24) is 10.0 Å². The molecule has 12 heteroatoms. The standard InChI is InChI=1S/C25H24ClN3O7S/c1-16-15-19(8-13-23(16)29(33)34)24(30)27-14-2-3-22(25(31)32)28-37(35,36)21-11-6-18(7-12-21)17-4-9-20(26)10-5-17/h4-13,15,22,28H,2-3,14H2,1H3,(H,27,30)(H,31,32). The third kappa shape index (κ3) is 7.35. The molecular formula is C25H24ClN3O7S. The Morgan fingerprint density at radius 1 is 1.03 bits per heavy atom. The maximum absolute atomic E-state index is 12.8. The number of nitro groups is 1. The van der Waals surface area contributed by atoms with Gasteiger partial charge in [0.1, 0.15) is 6.04 Å². The van der Waals surface area contributed by atoms with Crippen molar-refractivity contribution in [3.63, 3.8) is 0 Å². The van der Waals surface area contributed by atoms with Crippen molar-refractivity contribution in [3.05, 3.63) is 93.0 Å². The number of benzene rings is 3. The zero-order chi connectivity index (χ0) is 27.2. The number of amides is 1. The Morgan fingerprint density at radius 3 is 2.16 bits per heavy atom. The highest BCUT2D eigenvalue weighted by atomic mass is 35.5. The summed E-state index contributed by atoms with van der Waals surface area (Å²) in [6.45, 7) is 1.60. The van der Waals surface area contributed by atoms with Crippen LogP contribution in [0.15, 0.2) is 71.6 Å². The molecule has 0 aliphatic rings. The summed E-state index contributed by atoms with van der Waals surface area (Å²) in [4.78, 5) is 34.3. The molecule has 1 atom stereocenters. The van der Waals surface area contributed by atoms with E-state index >= 15 is 0 Å². The molecule has 0 aliphatic carbocycles. The molecule has 0 radical (unpaired) electrons. The smallest absolute Gasteiger partial charge is 0.321 e. The van der Waals surface area contributed by atoms with E-state index in [4.69, 9.17) is 11.6 Å². The van der Waals surface area contributed by atoms with Crippen LogP contribution in [0.25, 0.3) is 11.1 Å². The minimum Gasteiger partial charge on any atom is -0.480 e. The summed E-state index contributed by atoms with van der Waals surface area (Å²) in [7, 11) is -4.12. The van der Waals surface area contributed by atoms with Gasteiger partial charge in [-0.15, -0.1) is 0 Å². The molecule has 3 aromatic rings. The number of carboxylic acid groups (broad SMARTS) is 1. The number of nitrogens with zero attached hydrogens (tertiary/aromatic N) is 1. The Labute approximate surface area is 218 Å². The minimum atomic E-state index is -4.12. The lowest BCUT2D eigenvalue weighted by molar-refractivity contribution is -0.385. The van der Waals surface area contributed by atoms with E-state index in [9.17, 15) is 33.2 Å². The highest BCUT2D eigenvalue weighted by molar-refractivity contribution is 7.89. The van der Waals surface area contributed by atoms with E-state index in [-0.39, 0.29) is 35.5 Å². The molecule has 0 bridgehead atoms. The lowest BCUT2D eigenvalue weighted by Crippen LogP contribution is -2.41. The van der Waals surface area contributed by atoms with Crippen LogP contribution in [0.3, 0.4) is 0 Å². The number of halogens is 1. The molecule has 3 N–H and O–H groups in total. The normalized spacial score (nSPS) is 12.1. The van der Waals surface area contributed by atoms with Crippen molar-refractivity contribution in [2.75, 3.05) is 6.54 Å². The Balaban J connectivity index is 1.57. The number of sulfonamides is 1. The number of hydrogen-bond acceptors (Lipinski definition) is 6. The quantitative estimate of drug-likeness (QED) is 0.185. The maximum Gasteiger partial charge on any atom is 0.321 e. The Hall–Kier alpha value is -3.80. The Kier molecular flexibility index (Phi) is 8.98. The second kappa shape index (κ2) is 12.0. The van der Waals surface area contributed by atoms with Crippen molar-refractivity contribution >= 4 is 39.2 Å². The molecule has 10 nitrogen and oxygen atoms in total. The zero-order valence-corrected chi connectivity index (χ0v) is 21.3. The van der Waals surface area contributed by atoms with Crippen LogP contribution < -0.4 is 10.0 Å². The van der Waals surface area contributed by atoms with Crippen molar-refractivity contribution in [1.29, 1.82) is 0 Å². The molecule has 3 aromatic carbocycles. The molecule has 0 heterocycles. The third-order valence-corrected chi connectivity index (χ3v) is 7.29. The highest BCUT2D eigenvalue weighted by Crippen LogP contribution is 2.23. The Bertz CT molecular complexity index is 1410. The molecule has 37 heavy (non-hydrogen) atoms. The van der Waals surface area contributed by atoms with Crippen LogP contribution in [0.2, 0.25) is 5.02 Å². The van der Waals surface area contributed by atoms with E-state index in [1.165, 1.54) is 37.3 Å². The molecule has 0 fully saturated rings. The van der Waals surface area contributed by atoms with Gasteiger partial charge in [0, 0.05) is 28.8 Å². The molecule has 1 amide bonds. The fourth-order valence-electron chi connectivity index (χ4n) is 3.57. The topological polar surface area (TPSA) is 156 Å². The monoisotopic (exact) mass is 545 g/mol. The lowest BCUT2D eigenvalue weighted by Gasteiger charge is -2.15. The van der Waals surface area contributed by atoms with Crippen LogP contribution >= 0.6 is 11.6 Å². The average molecular weight is 546 g/mol. The number of carbonyl (C=O) groups is 2. The van der Waals surface area contributed by atoms with Gasteiger partial charge in [-0.3, -0.25) is 19.7 Å². The second-order valence-corrected chi connectivity index (χ2v) is 10.4. The van der Waals surface area contributed by atoms with E-state index in [1.807, 2.05) is 0 Å². The zero-order valence-electron chi connectivity index (χ0n) is 19.7. The van der Waals surface area contributed by atoms with Gasteiger partial charge >= 0.3 is 5.97 Å². The first kappa shape index (κ1) is 27.8. The van der Waals surface area contributed by atoms with Gasteiger partial charge in [0.05, 0.1) is 9.82 Å². The molecule has 0 saturated carbocycles. The SMILES string of the molecule is Cc1cc(C(=O)NCCCC(NS(=O)(=O)c2ccc(-c3ccc(Cl)cc3)cc2)C(=O)O)ccc1[N+](=O)[O-]. The van der Waals surface area contributed by atoms with Crippen molar-refractivity contribution < 1.29 is 28.0 Å². The Morgan fingerprint density at radius 2 is 1.62 bits per heavy atom. The fourth-order valence-corrected chi connectivity index (χ4v) is 4.92. The van der Waals surface area contributed by atoms with Crippen LogP contribution in [-0.4, -0.2) is 42.9 Å². The fraction of sp³-hybridized carbons (Fsp3) is 0.200. The number of carboxylic acids is 1. The summed E-state index contributed by atoms with van der Waals surface area (Å²) in [6.07, 6.45) is 0.101. The number of rotatable bonds is 11. The van der Waals surface area contributed by atoms with Gasteiger partial charge < -0.3 is 10.4 Å². The van der Waals surface area contributed by atoms with E-state index < -0.39 is 32.9 Å². The average Bonchev–Trinajstić information content (AvgIpc) is 2.85. The second-order valence-electron chi connectivity index (χ2n) is 8.20. The molecular weight excluding hydrogens is 522 g/mol. The van der Waals surface area contributed by atoms with Gasteiger partial charge in [-0.25, -0.2) is 8.42 Å². The van der Waals surface area contributed by atoms with Crippen molar-refractivity contribution in [2.24, 2.45) is 0 Å². The highest BCUT2D eigenvalue weighted by Gasteiger charge is 2.25. The van der Waals surface area contributed by atoms with Crippen molar-refractivity contribution in [2.45, 2.75) is 30.7 Å². The first-order valence-electron chi connectivity index (χ1n) is 11.1. The number of nitro benzene ring substituents is 1. The van der Waals surface area contributed by atoms with E-state index in [2.05, 4.69) is 10.0 Å². The molecule has 3 rings (SSSR count). The summed E-state index contributed by atoms with van der Waals surface area (Å²) in [6, 6.07) is 15.6. The van der Waals surface area contributed by atoms with Gasteiger partial charge in [0.15, 0.2) is 0 Å². The largest absolute Gasteiger partial charge is 0.480 e. The van der Waals surface area contributed by atoms with Crippen LogP contribution in [0, 0.1) is 17.0 Å². The van der Waals surface area contributed by atoms with Gasteiger partial charge in [-0.2, -0.15) is 4.72 Å². The van der Waals surface area contributed by atoms with Crippen LogP contribution in [-0.2, 0) is 14.8 Å². The van der Waals surface area contributed by atoms with Crippen molar-refractivity contribution in [3.8, 4) is 11.1 Å². The summed E-state index contributed by atoms with van der Waals surface area (Å²) in [5.41, 5.74) is 2.06. The predicted octanol–water partition coefficient (Wildman–Crippen LogP) is 4.17. The molecule has 0 aliphatic heterocycles. The van der Waals surface area contributed by atoms with Gasteiger partial charge in [0.2, 0.25) is 10.0 Å². The summed E-state index contributed by atoms with van der Waals surface area (Å²) >= 11 is 5.89. The number of hydrogen-bond donors (Lipinski definition) is 3. The third-order valence-electron chi connectivity index (χ3n) is 5.55. The first-order chi connectivity index (χ1) is 17.5. The molecule has 0 saturated heterocycles. The minimum absolute atomic E-state index is 0.0724. The summed E-state index contributed by atoms with van der Waals surface area (Å²) in [5, 5.41) is 23.6.